The summed E-state index contributed by atoms with van der Waals surface area (Å²) in [5.41, 5.74) is 1.89. The Morgan fingerprint density at radius 3 is 2.67 bits per heavy atom. The summed E-state index contributed by atoms with van der Waals surface area (Å²) < 4.78 is 5.36. The molecule has 3 nitrogen and oxygen atoms in total. The Bertz CT molecular complexity index is 636. The van der Waals surface area contributed by atoms with E-state index in [1.165, 1.54) is 4.90 Å². The van der Waals surface area contributed by atoms with Gasteiger partial charge in [0.2, 0.25) is 0 Å². The number of rotatable bonds is 6. The lowest BCUT2D eigenvalue weighted by molar-refractivity contribution is -0.131. The Hall–Kier alpha value is -2.20. The van der Waals surface area contributed by atoms with Crippen LogP contribution in [0.15, 0.2) is 59.5 Å². The molecule has 0 heterocycles. The summed E-state index contributed by atoms with van der Waals surface area (Å²) in [6.45, 7) is 0. The van der Waals surface area contributed by atoms with Gasteiger partial charge in [0.15, 0.2) is 0 Å². The van der Waals surface area contributed by atoms with Crippen molar-refractivity contribution in [2.75, 3.05) is 7.11 Å². The van der Waals surface area contributed by atoms with E-state index in [2.05, 4.69) is 12.1 Å². The largest absolute Gasteiger partial charge is 0.496 e. The first kappa shape index (κ1) is 15.2. The highest BCUT2D eigenvalue weighted by Gasteiger charge is 2.05. The topological polar surface area (TPSA) is 46.5 Å². The van der Waals surface area contributed by atoms with Crippen molar-refractivity contribution in [3.05, 3.63) is 65.7 Å². The molecular formula is C17H16O3S. The molecule has 0 fully saturated rings. The summed E-state index contributed by atoms with van der Waals surface area (Å²) in [5.74, 6) is 0.624. The standard InChI is InChI=1S/C17H16O3S/c1-20-16-9-7-13(8-10-17(18)19)11-14(16)12-21-15-5-3-2-4-6-15/h2-11H,12H2,1H3,(H,18,19)/b10-8+. The van der Waals surface area contributed by atoms with Gasteiger partial charge in [0, 0.05) is 22.3 Å². The number of hydrogen-bond donors (Lipinski definition) is 1. The lowest BCUT2D eigenvalue weighted by Crippen LogP contribution is -1.92. The van der Waals surface area contributed by atoms with Crippen LogP contribution in [0.25, 0.3) is 6.08 Å². The average Bonchev–Trinajstić information content (AvgIpc) is 2.52. The zero-order valence-electron chi connectivity index (χ0n) is 11.7. The molecule has 0 saturated carbocycles. The number of aliphatic carboxylic acids is 1. The molecule has 108 valence electrons. The smallest absolute Gasteiger partial charge is 0.328 e. The van der Waals surface area contributed by atoms with Gasteiger partial charge in [-0.2, -0.15) is 0 Å². The molecular weight excluding hydrogens is 284 g/mol. The van der Waals surface area contributed by atoms with Crippen LogP contribution in [-0.4, -0.2) is 18.2 Å². The van der Waals surface area contributed by atoms with Gasteiger partial charge < -0.3 is 9.84 Å². The van der Waals surface area contributed by atoms with Gasteiger partial charge in [-0.1, -0.05) is 24.3 Å². The third kappa shape index (κ3) is 4.68. The van der Waals surface area contributed by atoms with Crippen LogP contribution in [0.4, 0.5) is 0 Å². The van der Waals surface area contributed by atoms with Gasteiger partial charge in [0.25, 0.3) is 0 Å². The molecule has 0 aromatic heterocycles. The minimum atomic E-state index is -0.953. The molecule has 4 heteroatoms. The summed E-state index contributed by atoms with van der Waals surface area (Å²) in [6.07, 6.45) is 2.72. The molecule has 1 N–H and O–H groups in total. The van der Waals surface area contributed by atoms with E-state index in [4.69, 9.17) is 9.84 Å². The Labute approximate surface area is 128 Å². The Morgan fingerprint density at radius 1 is 1.24 bits per heavy atom. The van der Waals surface area contributed by atoms with Crippen LogP contribution in [0.3, 0.4) is 0 Å². The third-order valence-corrected chi connectivity index (χ3v) is 3.92. The molecule has 0 bridgehead atoms. The fourth-order valence-electron chi connectivity index (χ4n) is 1.86. The lowest BCUT2D eigenvalue weighted by Gasteiger charge is -2.09. The fourth-order valence-corrected chi connectivity index (χ4v) is 2.76. The predicted molar refractivity (Wildman–Crippen MR) is 85.7 cm³/mol. The second kappa shape index (κ2) is 7.55. The molecule has 0 unspecified atom stereocenters. The molecule has 0 amide bonds. The molecule has 21 heavy (non-hydrogen) atoms. The van der Waals surface area contributed by atoms with E-state index in [-0.39, 0.29) is 0 Å². The van der Waals surface area contributed by atoms with Crippen LogP contribution in [0.1, 0.15) is 11.1 Å². The number of methoxy groups -OCH3 is 1. The zero-order chi connectivity index (χ0) is 15.1. The van der Waals surface area contributed by atoms with E-state index in [9.17, 15) is 4.79 Å². The van der Waals surface area contributed by atoms with E-state index >= 15 is 0 Å². The van der Waals surface area contributed by atoms with Crippen LogP contribution >= 0.6 is 11.8 Å². The maximum Gasteiger partial charge on any atom is 0.328 e. The van der Waals surface area contributed by atoms with Crippen molar-refractivity contribution in [2.45, 2.75) is 10.6 Å². The van der Waals surface area contributed by atoms with Crippen LogP contribution in [0.2, 0.25) is 0 Å². The molecule has 0 radical (unpaired) electrons. The molecule has 2 aromatic rings. The summed E-state index contributed by atoms with van der Waals surface area (Å²) in [5, 5.41) is 8.68. The van der Waals surface area contributed by atoms with Crippen molar-refractivity contribution in [3.8, 4) is 5.75 Å². The quantitative estimate of drug-likeness (QED) is 0.645. The van der Waals surface area contributed by atoms with Gasteiger partial charge in [-0.3, -0.25) is 0 Å². The van der Waals surface area contributed by atoms with Crippen molar-refractivity contribution >= 4 is 23.8 Å². The number of ether oxygens (including phenoxy) is 1. The van der Waals surface area contributed by atoms with Crippen LogP contribution in [0.5, 0.6) is 5.75 Å². The van der Waals surface area contributed by atoms with E-state index in [1.54, 1.807) is 24.9 Å². The van der Waals surface area contributed by atoms with Crippen molar-refractivity contribution in [1.29, 1.82) is 0 Å². The highest BCUT2D eigenvalue weighted by Crippen LogP contribution is 2.29. The third-order valence-electron chi connectivity index (χ3n) is 2.86. The lowest BCUT2D eigenvalue weighted by atomic mass is 10.1. The van der Waals surface area contributed by atoms with Crippen molar-refractivity contribution in [3.63, 3.8) is 0 Å². The molecule has 0 aliphatic heterocycles. The summed E-state index contributed by atoms with van der Waals surface area (Å²) in [6, 6.07) is 15.8. The van der Waals surface area contributed by atoms with E-state index in [0.29, 0.717) is 0 Å². The van der Waals surface area contributed by atoms with Crippen molar-refractivity contribution < 1.29 is 14.6 Å². The Morgan fingerprint density at radius 2 is 2.00 bits per heavy atom. The fraction of sp³-hybridized carbons (Fsp3) is 0.118. The SMILES string of the molecule is COc1ccc(/C=C/C(=O)O)cc1CSc1ccccc1. The van der Waals surface area contributed by atoms with Gasteiger partial charge in [-0.05, 0) is 35.9 Å². The summed E-state index contributed by atoms with van der Waals surface area (Å²) in [7, 11) is 1.64. The van der Waals surface area contributed by atoms with E-state index in [0.717, 1.165) is 28.7 Å². The molecule has 0 saturated heterocycles. The van der Waals surface area contributed by atoms with Gasteiger partial charge in [-0.15, -0.1) is 11.8 Å². The van der Waals surface area contributed by atoms with E-state index < -0.39 is 5.97 Å². The molecule has 0 aliphatic rings. The predicted octanol–water partition coefficient (Wildman–Crippen LogP) is 4.09. The van der Waals surface area contributed by atoms with Crippen LogP contribution in [-0.2, 0) is 10.5 Å². The Balaban J connectivity index is 2.16. The number of carboxylic acids is 1. The number of thioether (sulfide) groups is 1. The minimum absolute atomic E-state index is 0.766. The molecule has 2 aromatic carbocycles. The number of carbonyl (C=O) groups is 1. The van der Waals surface area contributed by atoms with E-state index in [1.807, 2.05) is 36.4 Å². The second-order valence-electron chi connectivity index (χ2n) is 4.34. The van der Waals surface area contributed by atoms with Gasteiger partial charge in [-0.25, -0.2) is 4.79 Å². The van der Waals surface area contributed by atoms with Crippen LogP contribution < -0.4 is 4.74 Å². The first-order chi connectivity index (χ1) is 10.2. The monoisotopic (exact) mass is 300 g/mol. The maximum absolute atomic E-state index is 10.6. The number of carboxylic acid groups (broad SMARTS) is 1. The summed E-state index contributed by atoms with van der Waals surface area (Å²) in [4.78, 5) is 11.8. The number of hydrogen-bond acceptors (Lipinski definition) is 3. The number of benzene rings is 2. The van der Waals surface area contributed by atoms with Crippen molar-refractivity contribution in [2.24, 2.45) is 0 Å². The highest BCUT2D eigenvalue weighted by atomic mass is 32.2. The Kier molecular flexibility index (Phi) is 5.46. The van der Waals surface area contributed by atoms with Gasteiger partial charge in [0.1, 0.15) is 5.75 Å². The summed E-state index contributed by atoms with van der Waals surface area (Å²) >= 11 is 1.72. The molecule has 0 aliphatic carbocycles. The zero-order valence-corrected chi connectivity index (χ0v) is 12.5. The average molecular weight is 300 g/mol. The van der Waals surface area contributed by atoms with Crippen molar-refractivity contribution in [1.82, 2.24) is 0 Å². The highest BCUT2D eigenvalue weighted by molar-refractivity contribution is 7.98. The first-order valence-electron chi connectivity index (χ1n) is 6.45. The van der Waals surface area contributed by atoms with Gasteiger partial charge >= 0.3 is 5.97 Å². The van der Waals surface area contributed by atoms with Crippen LogP contribution in [0, 0.1) is 0 Å². The molecule has 0 atom stereocenters. The van der Waals surface area contributed by atoms with Gasteiger partial charge in [0.05, 0.1) is 7.11 Å². The molecule has 2 rings (SSSR count). The second-order valence-corrected chi connectivity index (χ2v) is 5.39. The normalized spacial score (nSPS) is 10.7. The minimum Gasteiger partial charge on any atom is -0.496 e. The molecule has 0 spiro atoms. The first-order valence-corrected chi connectivity index (χ1v) is 7.43. The maximum atomic E-state index is 10.6.